The summed E-state index contributed by atoms with van der Waals surface area (Å²) < 4.78 is 2.43. The normalized spacial score (nSPS) is 14.3. The molecule has 0 saturated carbocycles. The second-order valence-electron chi connectivity index (χ2n) is 5.91. The predicted molar refractivity (Wildman–Crippen MR) is 100 cm³/mol. The second-order valence-corrected chi connectivity index (χ2v) is 6.92. The number of nitrogens with zero attached hydrogens (tertiary/aromatic N) is 4. The van der Waals surface area contributed by atoms with Crippen molar-refractivity contribution in [1.29, 1.82) is 0 Å². The molecule has 1 aliphatic heterocycles. The molecule has 1 aliphatic rings. The van der Waals surface area contributed by atoms with Gasteiger partial charge in [-0.05, 0) is 41.8 Å². The highest BCUT2D eigenvalue weighted by molar-refractivity contribution is 7.07. The number of anilines is 1. The number of rotatable bonds is 3. The maximum absolute atomic E-state index is 12.7. The van der Waals surface area contributed by atoms with Crippen LogP contribution in [0.15, 0.2) is 58.6 Å². The molecule has 3 heterocycles. The lowest BCUT2D eigenvalue weighted by Gasteiger charge is -2.25. The molecule has 0 atom stereocenters. The van der Waals surface area contributed by atoms with Gasteiger partial charge in [0.05, 0.1) is 4.53 Å². The van der Waals surface area contributed by atoms with Crippen LogP contribution in [-0.2, 0) is 13.1 Å². The van der Waals surface area contributed by atoms with Crippen LogP contribution in [0.25, 0.3) is 6.08 Å². The zero-order chi connectivity index (χ0) is 17.2. The molecule has 0 aliphatic carbocycles. The fourth-order valence-electron chi connectivity index (χ4n) is 2.83. The number of benzene rings is 1. The molecule has 3 aromatic rings. The number of thiazole rings is 1. The van der Waals surface area contributed by atoms with Gasteiger partial charge >= 0.3 is 0 Å². The summed E-state index contributed by atoms with van der Waals surface area (Å²) in [6.07, 6.45) is 6.37. The molecule has 0 fully saturated rings. The summed E-state index contributed by atoms with van der Waals surface area (Å²) in [6, 6.07) is 12.3. The molecule has 0 radical (unpaired) electrons. The monoisotopic (exact) mass is 350 g/mol. The van der Waals surface area contributed by atoms with Crippen molar-refractivity contribution >= 4 is 23.1 Å². The fraction of sp³-hybridized carbons (Fsp3) is 0.211. The predicted octanol–water partition coefficient (Wildman–Crippen LogP) is 1.75. The van der Waals surface area contributed by atoms with E-state index >= 15 is 0 Å². The molecule has 2 aromatic heterocycles. The second kappa shape index (κ2) is 6.64. The zero-order valence-electron chi connectivity index (χ0n) is 13.9. The average molecular weight is 350 g/mol. The molecule has 126 valence electrons. The molecule has 5 nitrogen and oxygen atoms in total. The molecule has 1 aromatic carbocycles. The van der Waals surface area contributed by atoms with Crippen LogP contribution in [0.3, 0.4) is 0 Å². The van der Waals surface area contributed by atoms with Gasteiger partial charge in [0.1, 0.15) is 13.3 Å². The Kier molecular flexibility index (Phi) is 4.19. The van der Waals surface area contributed by atoms with E-state index in [1.54, 1.807) is 17.0 Å². The van der Waals surface area contributed by atoms with Gasteiger partial charge in [-0.25, -0.2) is 4.99 Å². The van der Waals surface area contributed by atoms with Crippen LogP contribution >= 0.6 is 11.3 Å². The van der Waals surface area contributed by atoms with Gasteiger partial charge in [-0.1, -0.05) is 36.5 Å². The molecule has 4 rings (SSSR count). The minimum atomic E-state index is 0.00230. The first-order valence-corrected chi connectivity index (χ1v) is 9.06. The van der Waals surface area contributed by atoms with Crippen molar-refractivity contribution in [3.63, 3.8) is 0 Å². The van der Waals surface area contributed by atoms with Crippen molar-refractivity contribution in [3.8, 4) is 0 Å². The molecule has 0 spiro atoms. The van der Waals surface area contributed by atoms with E-state index in [9.17, 15) is 4.79 Å². The molecule has 0 N–H and O–H groups in total. The summed E-state index contributed by atoms with van der Waals surface area (Å²) in [5.41, 5.74) is 3.32. The van der Waals surface area contributed by atoms with Gasteiger partial charge in [-0.3, -0.25) is 14.3 Å². The molecular formula is C19H18N4OS. The van der Waals surface area contributed by atoms with Crippen molar-refractivity contribution < 1.29 is 0 Å². The van der Waals surface area contributed by atoms with E-state index in [0.29, 0.717) is 17.9 Å². The van der Waals surface area contributed by atoms with E-state index in [4.69, 9.17) is 0 Å². The SMILES string of the molecule is CCc1ccc(N2CN=c3s/c(=C\c4cccnc4)c(=O)n3C2)cc1. The minimum absolute atomic E-state index is 0.00230. The first kappa shape index (κ1) is 15.8. The summed E-state index contributed by atoms with van der Waals surface area (Å²) in [7, 11) is 0. The number of hydrogen-bond donors (Lipinski definition) is 0. The van der Waals surface area contributed by atoms with Gasteiger partial charge in [-0.15, -0.1) is 0 Å². The Morgan fingerprint density at radius 2 is 2.08 bits per heavy atom. The van der Waals surface area contributed by atoms with E-state index < -0.39 is 0 Å². The Morgan fingerprint density at radius 3 is 2.80 bits per heavy atom. The quantitative estimate of drug-likeness (QED) is 0.723. The van der Waals surface area contributed by atoms with Crippen LogP contribution in [-0.4, -0.2) is 16.2 Å². The molecule has 0 bridgehead atoms. The fourth-order valence-corrected chi connectivity index (χ4v) is 3.79. The smallest absolute Gasteiger partial charge is 0.271 e. The lowest BCUT2D eigenvalue weighted by atomic mass is 10.1. The third-order valence-electron chi connectivity index (χ3n) is 4.27. The van der Waals surface area contributed by atoms with E-state index in [1.165, 1.54) is 16.9 Å². The number of hydrogen-bond acceptors (Lipinski definition) is 5. The highest BCUT2D eigenvalue weighted by Crippen LogP contribution is 2.17. The summed E-state index contributed by atoms with van der Waals surface area (Å²) in [5, 5.41) is 0. The average Bonchev–Trinajstić information content (AvgIpc) is 2.98. The Labute approximate surface area is 149 Å². The van der Waals surface area contributed by atoms with Gasteiger partial charge in [0.15, 0.2) is 4.80 Å². The van der Waals surface area contributed by atoms with Crippen molar-refractivity contribution in [1.82, 2.24) is 9.55 Å². The van der Waals surface area contributed by atoms with Crippen LogP contribution in [0, 0.1) is 0 Å². The van der Waals surface area contributed by atoms with Crippen LogP contribution < -0.4 is 19.8 Å². The Balaban J connectivity index is 1.68. The standard InChI is InChI=1S/C19H18N4OS/c1-2-14-5-7-16(8-6-14)22-12-21-19-23(13-22)18(24)17(25-19)10-15-4-3-9-20-11-15/h3-11H,2,12-13H2,1H3/b17-10-. The summed E-state index contributed by atoms with van der Waals surface area (Å²) in [6.45, 7) is 3.24. The minimum Gasteiger partial charge on any atom is -0.334 e. The van der Waals surface area contributed by atoms with Crippen molar-refractivity contribution in [2.24, 2.45) is 4.99 Å². The summed E-state index contributed by atoms with van der Waals surface area (Å²) in [4.78, 5) is 24.3. The summed E-state index contributed by atoms with van der Waals surface area (Å²) in [5.74, 6) is 0. The molecular weight excluding hydrogens is 332 g/mol. The van der Waals surface area contributed by atoms with Crippen molar-refractivity contribution in [2.75, 3.05) is 11.6 Å². The lowest BCUT2D eigenvalue weighted by molar-refractivity contribution is 0.569. The van der Waals surface area contributed by atoms with Gasteiger partial charge < -0.3 is 4.90 Å². The maximum atomic E-state index is 12.7. The van der Waals surface area contributed by atoms with Crippen molar-refractivity contribution in [2.45, 2.75) is 20.0 Å². The van der Waals surface area contributed by atoms with Gasteiger partial charge in [0.25, 0.3) is 5.56 Å². The number of aryl methyl sites for hydroxylation is 1. The molecule has 0 unspecified atom stereocenters. The first-order chi connectivity index (χ1) is 12.2. The van der Waals surface area contributed by atoms with E-state index in [0.717, 1.165) is 22.5 Å². The van der Waals surface area contributed by atoms with Gasteiger partial charge in [-0.2, -0.15) is 0 Å². The van der Waals surface area contributed by atoms with Crippen LogP contribution in [0.5, 0.6) is 0 Å². The van der Waals surface area contributed by atoms with Crippen molar-refractivity contribution in [3.05, 3.63) is 79.6 Å². The highest BCUT2D eigenvalue weighted by atomic mass is 32.1. The third kappa shape index (κ3) is 3.13. The number of pyridine rings is 1. The van der Waals surface area contributed by atoms with E-state index in [2.05, 4.69) is 46.1 Å². The first-order valence-electron chi connectivity index (χ1n) is 8.24. The van der Waals surface area contributed by atoms with Gasteiger partial charge in [0.2, 0.25) is 0 Å². The largest absolute Gasteiger partial charge is 0.334 e. The topological polar surface area (TPSA) is 50.5 Å². The Morgan fingerprint density at radius 1 is 1.24 bits per heavy atom. The summed E-state index contributed by atoms with van der Waals surface area (Å²) >= 11 is 1.43. The zero-order valence-corrected chi connectivity index (χ0v) is 14.7. The van der Waals surface area contributed by atoms with E-state index in [-0.39, 0.29) is 5.56 Å². The van der Waals surface area contributed by atoms with Crippen LogP contribution in [0.1, 0.15) is 18.1 Å². The van der Waals surface area contributed by atoms with Crippen LogP contribution in [0.2, 0.25) is 0 Å². The highest BCUT2D eigenvalue weighted by Gasteiger charge is 2.15. The molecule has 0 amide bonds. The molecule has 25 heavy (non-hydrogen) atoms. The molecule has 0 saturated heterocycles. The molecule has 6 heteroatoms. The third-order valence-corrected chi connectivity index (χ3v) is 5.31. The Bertz CT molecular complexity index is 1050. The lowest BCUT2D eigenvalue weighted by Crippen LogP contribution is -2.42. The van der Waals surface area contributed by atoms with Crippen LogP contribution in [0.4, 0.5) is 5.69 Å². The Hall–Kier alpha value is -2.73. The van der Waals surface area contributed by atoms with E-state index in [1.807, 2.05) is 18.2 Å². The number of aromatic nitrogens is 2. The number of fused-ring (bicyclic) bond motifs is 1. The maximum Gasteiger partial charge on any atom is 0.271 e. The van der Waals surface area contributed by atoms with Gasteiger partial charge in [0, 0.05) is 18.1 Å².